The third-order valence-corrected chi connectivity index (χ3v) is 3.36. The fourth-order valence-corrected chi connectivity index (χ4v) is 2.45. The van der Waals surface area contributed by atoms with Gasteiger partial charge >= 0.3 is 0 Å². The lowest BCUT2D eigenvalue weighted by atomic mass is 10.2. The lowest BCUT2D eigenvalue weighted by Crippen LogP contribution is -2.19. The average Bonchev–Trinajstić information content (AvgIpc) is 2.59. The van der Waals surface area contributed by atoms with Crippen molar-refractivity contribution in [2.24, 2.45) is 0 Å². The number of hydrogen-bond donors (Lipinski definition) is 1. The number of rotatable bonds is 1. The van der Waals surface area contributed by atoms with E-state index in [2.05, 4.69) is 15.3 Å². The van der Waals surface area contributed by atoms with E-state index in [1.54, 1.807) is 6.92 Å². The highest BCUT2D eigenvalue weighted by atomic mass is 35.5. The Balaban J connectivity index is 2.17. The highest BCUT2D eigenvalue weighted by molar-refractivity contribution is 6.28. The number of nitrogens with one attached hydrogen (secondary N) is 1. The molecule has 102 valence electrons. The smallest absolute Gasteiger partial charge is 0.226 e. The minimum absolute atomic E-state index is 0.0429. The normalized spacial score (nSPS) is 14.5. The van der Waals surface area contributed by atoms with Gasteiger partial charge in [0.25, 0.3) is 0 Å². The van der Waals surface area contributed by atoms with Gasteiger partial charge in [0.2, 0.25) is 11.2 Å². The van der Waals surface area contributed by atoms with Gasteiger partial charge in [-0.15, -0.1) is 0 Å². The van der Waals surface area contributed by atoms with E-state index in [4.69, 9.17) is 11.6 Å². The largest absolute Gasteiger partial charge is 0.324 e. The molecule has 1 aliphatic rings. The maximum Gasteiger partial charge on any atom is 0.226 e. The van der Waals surface area contributed by atoms with E-state index in [1.165, 1.54) is 0 Å². The van der Waals surface area contributed by atoms with Gasteiger partial charge in [-0.25, -0.2) is 4.98 Å². The second kappa shape index (κ2) is 5.09. The number of amides is 1. The summed E-state index contributed by atoms with van der Waals surface area (Å²) < 4.78 is 0. The Morgan fingerprint density at radius 1 is 1.25 bits per heavy atom. The maximum absolute atomic E-state index is 11.8. The van der Waals surface area contributed by atoms with E-state index < -0.39 is 0 Å². The second-order valence-electron chi connectivity index (χ2n) is 4.56. The zero-order chi connectivity index (χ0) is 14.1. The standard InChI is InChI=1S/C14H13ClN4O/c1-9-12-13(18-14(15)16-9)19(8-7-11(20)17-12)10-5-3-2-4-6-10/h2-6H,7-8H2,1H3,(H,17,20). The summed E-state index contributed by atoms with van der Waals surface area (Å²) in [6, 6.07) is 9.80. The van der Waals surface area contributed by atoms with E-state index in [-0.39, 0.29) is 11.2 Å². The van der Waals surface area contributed by atoms with Gasteiger partial charge in [0.1, 0.15) is 5.69 Å². The van der Waals surface area contributed by atoms with Crippen LogP contribution in [0.15, 0.2) is 30.3 Å². The number of nitrogens with zero attached hydrogens (tertiary/aromatic N) is 3. The van der Waals surface area contributed by atoms with E-state index >= 15 is 0 Å². The molecule has 0 saturated carbocycles. The molecule has 3 rings (SSSR count). The first-order chi connectivity index (χ1) is 9.65. The highest BCUT2D eigenvalue weighted by Crippen LogP contribution is 2.34. The molecular formula is C14H13ClN4O. The highest BCUT2D eigenvalue weighted by Gasteiger charge is 2.24. The number of carbonyl (C=O) groups excluding carboxylic acids is 1. The van der Waals surface area contributed by atoms with Crippen molar-refractivity contribution in [3.63, 3.8) is 0 Å². The summed E-state index contributed by atoms with van der Waals surface area (Å²) in [5, 5.41) is 3.03. The molecule has 1 aliphatic heterocycles. The van der Waals surface area contributed by atoms with Crippen molar-refractivity contribution >= 4 is 34.7 Å². The first-order valence-corrected chi connectivity index (χ1v) is 6.69. The van der Waals surface area contributed by atoms with Crippen molar-refractivity contribution in [2.75, 3.05) is 16.8 Å². The fraction of sp³-hybridized carbons (Fsp3) is 0.214. The minimum atomic E-state index is -0.0429. The SMILES string of the molecule is Cc1nc(Cl)nc2c1NC(=O)CCN2c1ccccc1. The molecule has 0 atom stereocenters. The topological polar surface area (TPSA) is 58.1 Å². The summed E-state index contributed by atoms with van der Waals surface area (Å²) in [6.07, 6.45) is 0.391. The van der Waals surface area contributed by atoms with Crippen LogP contribution in [-0.2, 0) is 4.79 Å². The minimum Gasteiger partial charge on any atom is -0.324 e. The van der Waals surface area contributed by atoms with Crippen molar-refractivity contribution in [3.8, 4) is 0 Å². The molecule has 20 heavy (non-hydrogen) atoms. The van der Waals surface area contributed by atoms with E-state index in [0.29, 0.717) is 30.2 Å². The van der Waals surface area contributed by atoms with Crippen molar-refractivity contribution in [1.29, 1.82) is 0 Å². The number of fused-ring (bicyclic) bond motifs is 1. The number of anilines is 3. The molecule has 2 heterocycles. The zero-order valence-electron chi connectivity index (χ0n) is 10.9. The molecule has 0 aliphatic carbocycles. The van der Waals surface area contributed by atoms with Crippen LogP contribution in [0.3, 0.4) is 0 Å². The summed E-state index contributed by atoms with van der Waals surface area (Å²) in [7, 11) is 0. The molecular weight excluding hydrogens is 276 g/mol. The predicted molar refractivity (Wildman–Crippen MR) is 78.5 cm³/mol. The summed E-state index contributed by atoms with van der Waals surface area (Å²) >= 11 is 5.96. The molecule has 1 N–H and O–H groups in total. The summed E-state index contributed by atoms with van der Waals surface area (Å²) in [5.41, 5.74) is 2.26. The summed E-state index contributed by atoms with van der Waals surface area (Å²) in [6.45, 7) is 2.36. The van der Waals surface area contributed by atoms with Crippen LogP contribution in [0.5, 0.6) is 0 Å². The third-order valence-electron chi connectivity index (χ3n) is 3.19. The zero-order valence-corrected chi connectivity index (χ0v) is 11.7. The number of carbonyl (C=O) groups is 1. The van der Waals surface area contributed by atoms with Gasteiger partial charge in [-0.2, -0.15) is 4.98 Å². The fourth-order valence-electron chi connectivity index (χ4n) is 2.25. The molecule has 1 aromatic heterocycles. The van der Waals surface area contributed by atoms with Gasteiger partial charge in [-0.05, 0) is 30.7 Å². The lowest BCUT2D eigenvalue weighted by molar-refractivity contribution is -0.115. The average molecular weight is 289 g/mol. The number of aromatic nitrogens is 2. The molecule has 0 saturated heterocycles. The van der Waals surface area contributed by atoms with Crippen molar-refractivity contribution in [2.45, 2.75) is 13.3 Å². The van der Waals surface area contributed by atoms with Crippen LogP contribution in [0.25, 0.3) is 0 Å². The Bertz CT molecular complexity index is 660. The molecule has 0 unspecified atom stereocenters. The van der Waals surface area contributed by atoms with Crippen molar-refractivity contribution in [1.82, 2.24) is 9.97 Å². The van der Waals surface area contributed by atoms with E-state index in [9.17, 15) is 4.79 Å². The quantitative estimate of drug-likeness (QED) is 0.820. The number of para-hydroxylation sites is 1. The first kappa shape index (κ1) is 12.9. The van der Waals surface area contributed by atoms with Crippen LogP contribution in [0.2, 0.25) is 5.28 Å². The monoisotopic (exact) mass is 288 g/mol. The van der Waals surface area contributed by atoms with Gasteiger partial charge in [-0.1, -0.05) is 18.2 Å². The van der Waals surface area contributed by atoms with Gasteiger partial charge in [0, 0.05) is 18.7 Å². The predicted octanol–water partition coefficient (Wildman–Crippen LogP) is 2.92. The van der Waals surface area contributed by atoms with Crippen LogP contribution in [0.4, 0.5) is 17.2 Å². The Hall–Kier alpha value is -2.14. The Kier molecular flexibility index (Phi) is 3.28. The molecule has 0 spiro atoms. The van der Waals surface area contributed by atoms with E-state index in [0.717, 1.165) is 5.69 Å². The van der Waals surface area contributed by atoms with Crippen molar-refractivity contribution in [3.05, 3.63) is 41.3 Å². The first-order valence-electron chi connectivity index (χ1n) is 6.32. The van der Waals surface area contributed by atoms with Crippen molar-refractivity contribution < 1.29 is 4.79 Å². The van der Waals surface area contributed by atoms with Gasteiger partial charge in [0.15, 0.2) is 5.82 Å². The van der Waals surface area contributed by atoms with E-state index in [1.807, 2.05) is 35.2 Å². The molecule has 0 radical (unpaired) electrons. The number of hydrogen-bond acceptors (Lipinski definition) is 4. The number of halogens is 1. The van der Waals surface area contributed by atoms with Gasteiger partial charge < -0.3 is 10.2 Å². The molecule has 2 aromatic rings. The third kappa shape index (κ3) is 2.32. The number of benzene rings is 1. The second-order valence-corrected chi connectivity index (χ2v) is 4.90. The molecule has 5 nitrogen and oxygen atoms in total. The molecule has 1 aromatic carbocycles. The molecule has 0 fully saturated rings. The number of aryl methyl sites for hydroxylation is 1. The Labute approximate surface area is 121 Å². The van der Waals surface area contributed by atoms with Crippen LogP contribution < -0.4 is 10.2 Å². The molecule has 1 amide bonds. The Morgan fingerprint density at radius 3 is 2.75 bits per heavy atom. The maximum atomic E-state index is 11.8. The van der Waals surface area contributed by atoms with Crippen LogP contribution >= 0.6 is 11.6 Å². The van der Waals surface area contributed by atoms with Crippen LogP contribution in [0, 0.1) is 6.92 Å². The van der Waals surface area contributed by atoms with Crippen LogP contribution in [-0.4, -0.2) is 22.4 Å². The summed E-state index contributed by atoms with van der Waals surface area (Å²) in [5.74, 6) is 0.596. The van der Waals surface area contributed by atoms with Gasteiger partial charge in [-0.3, -0.25) is 4.79 Å². The Morgan fingerprint density at radius 2 is 2.00 bits per heavy atom. The van der Waals surface area contributed by atoms with Crippen LogP contribution in [0.1, 0.15) is 12.1 Å². The van der Waals surface area contributed by atoms with Gasteiger partial charge in [0.05, 0.1) is 5.69 Å². The lowest BCUT2D eigenvalue weighted by Gasteiger charge is -2.23. The molecule has 6 heteroatoms. The molecule has 0 bridgehead atoms. The summed E-state index contributed by atoms with van der Waals surface area (Å²) in [4.78, 5) is 22.2.